The maximum atomic E-state index is 12.4. The quantitative estimate of drug-likeness (QED) is 0.573. The third kappa shape index (κ3) is 4.69. The van der Waals surface area contributed by atoms with Crippen LogP contribution in [-0.4, -0.2) is 37.1 Å². The van der Waals surface area contributed by atoms with E-state index >= 15 is 0 Å². The fourth-order valence-corrected chi connectivity index (χ4v) is 3.89. The fraction of sp³-hybridized carbons (Fsp3) is 0.294. The van der Waals surface area contributed by atoms with Crippen LogP contribution in [0.15, 0.2) is 36.4 Å². The monoisotopic (exact) mass is 392 g/mol. The second-order valence-electron chi connectivity index (χ2n) is 6.02. The van der Waals surface area contributed by atoms with E-state index in [-0.39, 0.29) is 11.9 Å². The molecule has 0 spiro atoms. The third-order valence-corrected chi connectivity index (χ3v) is 5.66. The Morgan fingerprint density at radius 2 is 2.04 bits per heavy atom. The summed E-state index contributed by atoms with van der Waals surface area (Å²) in [5.74, 6) is 0.527. The van der Waals surface area contributed by atoms with Gasteiger partial charge in [0, 0.05) is 11.4 Å². The summed E-state index contributed by atoms with van der Waals surface area (Å²) in [6.07, 6.45) is 1.67. The van der Waals surface area contributed by atoms with E-state index < -0.39 is 10.0 Å². The minimum absolute atomic E-state index is 0.176. The first-order valence-corrected chi connectivity index (χ1v) is 10.8. The lowest BCUT2D eigenvalue weighted by molar-refractivity contribution is 0.0942. The number of nitrogens with zero attached hydrogens (tertiary/aromatic N) is 1. The number of hydrogen-bond donors (Lipinski definition) is 3. The number of aromatic nitrogens is 2. The Hall–Kier alpha value is -2.23. The number of nitrogens with one attached hydrogen (secondary N) is 3. The molecule has 3 rings (SSSR count). The molecule has 3 aromatic rings. The minimum Gasteiger partial charge on any atom is -0.342 e. The van der Waals surface area contributed by atoms with Crippen molar-refractivity contribution in [1.82, 2.24) is 20.0 Å². The maximum absolute atomic E-state index is 12.4. The van der Waals surface area contributed by atoms with Crippen molar-refractivity contribution in [1.29, 1.82) is 0 Å². The second-order valence-corrected chi connectivity index (χ2v) is 9.02. The number of hydrogen-bond acceptors (Lipinski definition) is 5. The summed E-state index contributed by atoms with van der Waals surface area (Å²) in [6, 6.07) is 11.0. The van der Waals surface area contributed by atoms with E-state index in [4.69, 9.17) is 0 Å². The lowest BCUT2D eigenvalue weighted by Crippen LogP contribution is -2.26. The van der Waals surface area contributed by atoms with Crippen LogP contribution in [0.2, 0.25) is 0 Å². The standard InChI is InChI=1S/C17H20N4O3S2/c1-11(16-20-13-5-3-4-6-14(13)21-16)19-17(22)15-8-7-12(25-15)9-10-18-26(2,23)24/h3-8,11,18H,9-10H2,1-2H3,(H,19,22)(H,20,21)/t11-/m0/s1. The summed E-state index contributed by atoms with van der Waals surface area (Å²) in [6.45, 7) is 2.19. The molecular formula is C17H20N4O3S2. The number of amides is 1. The van der Waals surface area contributed by atoms with E-state index in [1.54, 1.807) is 6.07 Å². The van der Waals surface area contributed by atoms with Gasteiger partial charge in [-0.1, -0.05) is 12.1 Å². The molecule has 0 aliphatic rings. The number of carbonyl (C=O) groups is 1. The molecule has 9 heteroatoms. The number of aromatic amines is 1. The first-order valence-electron chi connectivity index (χ1n) is 8.11. The highest BCUT2D eigenvalue weighted by Gasteiger charge is 2.16. The third-order valence-electron chi connectivity index (χ3n) is 3.79. The molecule has 2 aromatic heterocycles. The van der Waals surface area contributed by atoms with Gasteiger partial charge >= 0.3 is 0 Å². The van der Waals surface area contributed by atoms with Crippen LogP contribution < -0.4 is 10.0 Å². The summed E-state index contributed by atoms with van der Waals surface area (Å²) in [7, 11) is -3.20. The molecular weight excluding hydrogens is 372 g/mol. The Morgan fingerprint density at radius 3 is 2.77 bits per heavy atom. The number of benzene rings is 1. The molecule has 0 unspecified atom stereocenters. The molecule has 1 amide bonds. The molecule has 0 aliphatic heterocycles. The first kappa shape index (κ1) is 18.6. The highest BCUT2D eigenvalue weighted by molar-refractivity contribution is 7.88. The summed E-state index contributed by atoms with van der Waals surface area (Å²) in [5, 5.41) is 2.93. The summed E-state index contributed by atoms with van der Waals surface area (Å²) in [4.78, 5) is 21.7. The van der Waals surface area contributed by atoms with Crippen LogP contribution in [0.3, 0.4) is 0 Å². The largest absolute Gasteiger partial charge is 0.342 e. The number of imidazole rings is 1. The zero-order valence-corrected chi connectivity index (χ0v) is 16.1. The average Bonchev–Trinajstić information content (AvgIpc) is 3.20. The summed E-state index contributed by atoms with van der Waals surface area (Å²) < 4.78 is 24.6. The van der Waals surface area contributed by atoms with E-state index in [9.17, 15) is 13.2 Å². The second kappa shape index (κ2) is 7.56. The van der Waals surface area contributed by atoms with Crippen molar-refractivity contribution in [3.63, 3.8) is 0 Å². The van der Waals surface area contributed by atoms with Gasteiger partial charge in [-0.2, -0.15) is 0 Å². The molecule has 0 bridgehead atoms. The predicted octanol–water partition coefficient (Wildman–Crippen LogP) is 2.21. The Balaban J connectivity index is 1.60. The Labute approximate surface area is 155 Å². The molecule has 3 N–H and O–H groups in total. The predicted molar refractivity (Wildman–Crippen MR) is 103 cm³/mol. The van der Waals surface area contributed by atoms with Gasteiger partial charge in [0.05, 0.1) is 28.2 Å². The molecule has 7 nitrogen and oxygen atoms in total. The van der Waals surface area contributed by atoms with Crippen LogP contribution >= 0.6 is 11.3 Å². The summed E-state index contributed by atoms with van der Waals surface area (Å²) in [5.41, 5.74) is 1.79. The molecule has 1 atom stereocenters. The molecule has 0 radical (unpaired) electrons. The van der Waals surface area contributed by atoms with E-state index in [1.807, 2.05) is 37.3 Å². The fourth-order valence-electron chi connectivity index (χ4n) is 2.51. The van der Waals surface area contributed by atoms with Crippen molar-refractivity contribution in [2.45, 2.75) is 19.4 Å². The molecule has 1 aromatic carbocycles. The molecule has 0 saturated carbocycles. The van der Waals surface area contributed by atoms with Crippen molar-refractivity contribution in [2.24, 2.45) is 0 Å². The van der Waals surface area contributed by atoms with E-state index in [0.29, 0.717) is 23.7 Å². The number of rotatable bonds is 7. The van der Waals surface area contributed by atoms with E-state index in [0.717, 1.165) is 22.2 Å². The van der Waals surface area contributed by atoms with Crippen LogP contribution in [-0.2, 0) is 16.4 Å². The Bertz CT molecular complexity index is 990. The van der Waals surface area contributed by atoms with Gasteiger partial charge in [0.2, 0.25) is 10.0 Å². The minimum atomic E-state index is -3.20. The number of thiophene rings is 1. The molecule has 26 heavy (non-hydrogen) atoms. The lowest BCUT2D eigenvalue weighted by atomic mass is 10.3. The van der Waals surface area contributed by atoms with Gasteiger partial charge in [0.15, 0.2) is 0 Å². The highest BCUT2D eigenvalue weighted by Crippen LogP contribution is 2.19. The highest BCUT2D eigenvalue weighted by atomic mass is 32.2. The molecule has 138 valence electrons. The van der Waals surface area contributed by atoms with Gasteiger partial charge in [-0.15, -0.1) is 11.3 Å². The van der Waals surface area contributed by atoms with Crippen LogP contribution in [0.5, 0.6) is 0 Å². The van der Waals surface area contributed by atoms with Crippen molar-refractivity contribution in [3.05, 3.63) is 52.0 Å². The van der Waals surface area contributed by atoms with Gasteiger partial charge in [-0.3, -0.25) is 4.79 Å². The number of sulfonamides is 1. The topological polar surface area (TPSA) is 104 Å². The van der Waals surface area contributed by atoms with Gasteiger partial charge < -0.3 is 10.3 Å². The van der Waals surface area contributed by atoms with E-state index in [2.05, 4.69) is 20.0 Å². The number of H-pyrrole nitrogens is 1. The van der Waals surface area contributed by atoms with E-state index in [1.165, 1.54) is 11.3 Å². The Kier molecular flexibility index (Phi) is 5.40. The maximum Gasteiger partial charge on any atom is 0.261 e. The smallest absolute Gasteiger partial charge is 0.261 e. The van der Waals surface area contributed by atoms with Crippen molar-refractivity contribution >= 4 is 38.3 Å². The van der Waals surface area contributed by atoms with Crippen molar-refractivity contribution in [3.8, 4) is 0 Å². The zero-order valence-electron chi connectivity index (χ0n) is 14.4. The van der Waals surface area contributed by atoms with Gasteiger partial charge in [0.1, 0.15) is 5.82 Å². The zero-order chi connectivity index (χ0) is 18.7. The van der Waals surface area contributed by atoms with Gasteiger partial charge in [0.25, 0.3) is 5.91 Å². The van der Waals surface area contributed by atoms with Crippen molar-refractivity contribution < 1.29 is 13.2 Å². The number of para-hydroxylation sites is 2. The van der Waals surface area contributed by atoms with Crippen LogP contribution in [0.25, 0.3) is 11.0 Å². The molecule has 0 saturated heterocycles. The number of carbonyl (C=O) groups excluding carboxylic acids is 1. The lowest BCUT2D eigenvalue weighted by Gasteiger charge is -2.10. The molecule has 0 fully saturated rings. The normalized spacial score (nSPS) is 13.0. The molecule has 0 aliphatic carbocycles. The SMILES string of the molecule is C[C@H](NC(=O)c1ccc(CCNS(C)(=O)=O)s1)c1nc2ccccc2[nH]1. The first-order chi connectivity index (χ1) is 12.3. The number of fused-ring (bicyclic) bond motifs is 1. The van der Waals surface area contributed by atoms with Crippen molar-refractivity contribution in [2.75, 3.05) is 12.8 Å². The molecule has 2 heterocycles. The van der Waals surface area contributed by atoms with Crippen LogP contribution in [0.1, 0.15) is 33.3 Å². The Morgan fingerprint density at radius 1 is 1.27 bits per heavy atom. The van der Waals surface area contributed by atoms with Crippen LogP contribution in [0.4, 0.5) is 0 Å². The van der Waals surface area contributed by atoms with Gasteiger partial charge in [-0.25, -0.2) is 18.1 Å². The van der Waals surface area contributed by atoms with Crippen LogP contribution in [0, 0.1) is 0 Å². The average molecular weight is 393 g/mol. The summed E-state index contributed by atoms with van der Waals surface area (Å²) >= 11 is 1.36. The van der Waals surface area contributed by atoms with Gasteiger partial charge in [-0.05, 0) is 37.6 Å².